The van der Waals surface area contributed by atoms with Gasteiger partial charge in [-0.1, -0.05) is 23.7 Å². The van der Waals surface area contributed by atoms with Crippen LogP contribution in [0.25, 0.3) is 0 Å². The van der Waals surface area contributed by atoms with Gasteiger partial charge in [0.25, 0.3) is 17.5 Å². The Morgan fingerprint density at radius 2 is 1.80 bits per heavy atom. The molecule has 1 aliphatic heterocycles. The molecule has 1 heterocycles. The first-order chi connectivity index (χ1) is 11.9. The number of phenols is 1. The van der Waals surface area contributed by atoms with Gasteiger partial charge in [0.15, 0.2) is 0 Å². The quantitative estimate of drug-likeness (QED) is 0.493. The minimum absolute atomic E-state index is 0.0333. The summed E-state index contributed by atoms with van der Waals surface area (Å²) in [5.74, 6) is -1.58. The van der Waals surface area contributed by atoms with Crippen molar-refractivity contribution in [1.29, 1.82) is 0 Å². The molecule has 0 aromatic heterocycles. The van der Waals surface area contributed by atoms with Gasteiger partial charge in [0.05, 0.1) is 10.6 Å². The molecule has 0 unspecified atom stereocenters. The first kappa shape index (κ1) is 16.5. The third kappa shape index (κ3) is 3.02. The van der Waals surface area contributed by atoms with E-state index in [-0.39, 0.29) is 27.9 Å². The third-order valence-electron chi connectivity index (χ3n) is 3.44. The van der Waals surface area contributed by atoms with Crippen molar-refractivity contribution in [2.24, 2.45) is 0 Å². The van der Waals surface area contributed by atoms with Gasteiger partial charge in [0.2, 0.25) is 0 Å². The zero-order chi connectivity index (χ0) is 18.1. The number of carbonyl (C=O) groups is 2. The second-order valence-corrected chi connectivity index (χ2v) is 5.46. The number of hydrogen-bond donors (Lipinski definition) is 2. The largest absolute Gasteiger partial charge is 0.508 e. The van der Waals surface area contributed by atoms with Crippen molar-refractivity contribution < 1.29 is 19.6 Å². The third-order valence-corrected chi connectivity index (χ3v) is 3.79. The maximum Gasteiger partial charge on any atom is 0.283 e. The Kier molecular flexibility index (Phi) is 4.12. The number of imide groups is 1. The molecule has 126 valence electrons. The van der Waals surface area contributed by atoms with Gasteiger partial charge in [0.1, 0.15) is 16.5 Å². The number of carbonyl (C=O) groups excluding carboxylic acids is 2. The maximum atomic E-state index is 12.6. The number of hydrogen-bond acceptors (Lipinski definition) is 6. The lowest BCUT2D eigenvalue weighted by Crippen LogP contribution is -2.32. The number of amides is 2. The summed E-state index contributed by atoms with van der Waals surface area (Å²) in [6.45, 7) is 0. The summed E-state index contributed by atoms with van der Waals surface area (Å²) in [7, 11) is 0. The second kappa shape index (κ2) is 6.25. The smallest absolute Gasteiger partial charge is 0.283 e. The van der Waals surface area contributed by atoms with Crippen molar-refractivity contribution in [2.45, 2.75) is 0 Å². The number of nitrogens with zero attached hydrogens (tertiary/aromatic N) is 2. The van der Waals surface area contributed by atoms with E-state index in [0.717, 1.165) is 11.0 Å². The molecule has 1 aliphatic rings. The van der Waals surface area contributed by atoms with E-state index in [1.807, 2.05) is 0 Å². The molecule has 3 rings (SSSR count). The van der Waals surface area contributed by atoms with Crippen molar-refractivity contribution >= 4 is 40.5 Å². The van der Waals surface area contributed by atoms with Crippen LogP contribution in [-0.4, -0.2) is 21.8 Å². The summed E-state index contributed by atoms with van der Waals surface area (Å²) in [4.78, 5) is 35.9. The van der Waals surface area contributed by atoms with Gasteiger partial charge in [-0.15, -0.1) is 0 Å². The molecule has 2 aromatic rings. The molecule has 2 amide bonds. The van der Waals surface area contributed by atoms with Gasteiger partial charge in [-0.25, -0.2) is 4.90 Å². The Morgan fingerprint density at radius 3 is 2.48 bits per heavy atom. The number of nitrogens with one attached hydrogen (secondary N) is 1. The van der Waals surface area contributed by atoms with Crippen molar-refractivity contribution in [3.05, 3.63) is 69.4 Å². The molecule has 0 saturated carbocycles. The lowest BCUT2D eigenvalue weighted by Gasteiger charge is -2.14. The van der Waals surface area contributed by atoms with Crippen molar-refractivity contribution in [3.63, 3.8) is 0 Å². The van der Waals surface area contributed by atoms with Crippen LogP contribution in [0.15, 0.2) is 59.3 Å². The highest BCUT2D eigenvalue weighted by Crippen LogP contribution is 2.32. The highest BCUT2D eigenvalue weighted by atomic mass is 35.5. The van der Waals surface area contributed by atoms with E-state index in [2.05, 4.69) is 5.32 Å². The summed E-state index contributed by atoms with van der Waals surface area (Å²) in [5, 5.41) is 22.7. The van der Waals surface area contributed by atoms with Crippen molar-refractivity contribution in [2.75, 3.05) is 10.2 Å². The van der Waals surface area contributed by atoms with Crippen LogP contribution in [0.3, 0.4) is 0 Å². The average molecular weight is 360 g/mol. The second-order valence-electron chi connectivity index (χ2n) is 5.09. The lowest BCUT2D eigenvalue weighted by molar-refractivity contribution is -0.384. The van der Waals surface area contributed by atoms with E-state index in [0.29, 0.717) is 5.69 Å². The van der Waals surface area contributed by atoms with Crippen molar-refractivity contribution in [1.82, 2.24) is 0 Å². The summed E-state index contributed by atoms with van der Waals surface area (Å²) in [6.07, 6.45) is 0. The van der Waals surface area contributed by atoms with Crippen LogP contribution in [0.4, 0.5) is 17.1 Å². The summed E-state index contributed by atoms with van der Waals surface area (Å²) < 4.78 is 0. The van der Waals surface area contributed by atoms with Crippen LogP contribution in [0.5, 0.6) is 5.75 Å². The van der Waals surface area contributed by atoms with Gasteiger partial charge in [-0.2, -0.15) is 0 Å². The van der Waals surface area contributed by atoms with Crippen LogP contribution in [0.2, 0.25) is 0 Å². The first-order valence-corrected chi connectivity index (χ1v) is 7.35. The molecule has 0 bridgehead atoms. The summed E-state index contributed by atoms with van der Waals surface area (Å²) in [5.41, 5.74) is -0.0439. The highest BCUT2D eigenvalue weighted by molar-refractivity contribution is 6.53. The van der Waals surface area contributed by atoms with Crippen LogP contribution < -0.4 is 10.2 Å². The lowest BCUT2D eigenvalue weighted by atomic mass is 10.2. The number of non-ortho nitro benzene ring substituents is 1. The molecule has 2 aromatic carbocycles. The highest BCUT2D eigenvalue weighted by Gasteiger charge is 2.39. The van der Waals surface area contributed by atoms with Gasteiger partial charge < -0.3 is 10.4 Å². The van der Waals surface area contributed by atoms with Crippen LogP contribution in [-0.2, 0) is 9.59 Å². The fourth-order valence-electron chi connectivity index (χ4n) is 2.32. The Hall–Kier alpha value is -3.39. The molecule has 9 heteroatoms. The topological polar surface area (TPSA) is 113 Å². The minimum atomic E-state index is -0.796. The monoisotopic (exact) mass is 359 g/mol. The van der Waals surface area contributed by atoms with Gasteiger partial charge in [0, 0.05) is 23.9 Å². The Morgan fingerprint density at radius 1 is 1.08 bits per heavy atom. The molecule has 0 radical (unpaired) electrons. The molecule has 0 saturated heterocycles. The van der Waals surface area contributed by atoms with Crippen LogP contribution in [0.1, 0.15) is 0 Å². The van der Waals surface area contributed by atoms with E-state index >= 15 is 0 Å². The normalized spacial score (nSPS) is 14.2. The zero-order valence-corrected chi connectivity index (χ0v) is 13.2. The molecule has 8 nitrogen and oxygen atoms in total. The molecule has 0 aliphatic carbocycles. The number of anilines is 2. The van der Waals surface area contributed by atoms with Gasteiger partial charge in [-0.05, 0) is 18.2 Å². The maximum absolute atomic E-state index is 12.6. The Balaban J connectivity index is 1.94. The standard InChI is InChI=1S/C16H10ClN3O5/c17-13-14(18-9-3-1-6-12(21)7-9)16(23)19(15(13)22)10-4-2-5-11(8-10)20(24)25/h1-8,18,21H. The number of halogens is 1. The zero-order valence-electron chi connectivity index (χ0n) is 12.5. The fourth-order valence-corrected chi connectivity index (χ4v) is 2.53. The first-order valence-electron chi connectivity index (χ1n) is 6.97. The van der Waals surface area contributed by atoms with Crippen LogP contribution >= 0.6 is 11.6 Å². The molecular formula is C16H10ClN3O5. The van der Waals surface area contributed by atoms with Gasteiger partial charge >= 0.3 is 0 Å². The van der Waals surface area contributed by atoms with E-state index in [4.69, 9.17) is 11.6 Å². The molecule has 0 spiro atoms. The summed E-state index contributed by atoms with van der Waals surface area (Å²) >= 11 is 5.97. The summed E-state index contributed by atoms with van der Waals surface area (Å²) in [6, 6.07) is 11.0. The molecular weight excluding hydrogens is 350 g/mol. The molecule has 25 heavy (non-hydrogen) atoms. The Labute approximate surface area is 146 Å². The predicted molar refractivity (Wildman–Crippen MR) is 90.2 cm³/mol. The fraction of sp³-hybridized carbons (Fsp3) is 0. The van der Waals surface area contributed by atoms with Gasteiger partial charge in [-0.3, -0.25) is 19.7 Å². The average Bonchev–Trinajstić information content (AvgIpc) is 2.79. The number of nitro groups is 1. The SMILES string of the molecule is O=C1C(Cl)=C(Nc2cccc(O)c2)C(=O)N1c1cccc([N+](=O)[O-])c1. The molecule has 0 atom stereocenters. The number of rotatable bonds is 4. The van der Waals surface area contributed by atoms with E-state index < -0.39 is 16.7 Å². The van der Waals surface area contributed by atoms with Crippen LogP contribution in [0, 0.1) is 10.1 Å². The molecule has 2 N–H and O–H groups in total. The van der Waals surface area contributed by atoms with E-state index in [1.54, 1.807) is 12.1 Å². The van der Waals surface area contributed by atoms with E-state index in [1.165, 1.54) is 30.3 Å². The van der Waals surface area contributed by atoms with E-state index in [9.17, 15) is 24.8 Å². The van der Waals surface area contributed by atoms with Crippen molar-refractivity contribution in [3.8, 4) is 5.75 Å². The predicted octanol–water partition coefficient (Wildman–Crippen LogP) is 2.74. The minimum Gasteiger partial charge on any atom is -0.508 e. The Bertz CT molecular complexity index is 941. The molecule has 0 fully saturated rings. The number of aromatic hydroxyl groups is 1. The number of nitro benzene ring substituents is 1. The number of phenolic OH excluding ortho intramolecular Hbond substituents is 1. The number of benzene rings is 2.